The molecule has 0 aliphatic carbocycles. The summed E-state index contributed by atoms with van der Waals surface area (Å²) in [5.74, 6) is 2.22. The standard InChI is InChI=1S/C20H20NO4/c1-22-17-9-8-14(11-18(17)23-2)16-10-13-6-4-5-7-15(13)20-21(16)19(24-3)12-25-20/h4-11,19H,12H2,1-3H3/q+1. The molecule has 0 N–H and O–H groups in total. The first-order valence-electron chi connectivity index (χ1n) is 8.12. The normalized spacial score (nSPS) is 15.7. The molecule has 2 heterocycles. The Morgan fingerprint density at radius 3 is 2.52 bits per heavy atom. The van der Waals surface area contributed by atoms with Crippen molar-refractivity contribution in [2.45, 2.75) is 6.23 Å². The second kappa shape index (κ2) is 6.26. The molecule has 0 amide bonds. The smallest absolute Gasteiger partial charge is 0.379 e. The first kappa shape index (κ1) is 15.7. The van der Waals surface area contributed by atoms with E-state index in [9.17, 15) is 0 Å². The average molecular weight is 338 g/mol. The molecule has 25 heavy (non-hydrogen) atoms. The Bertz CT molecular complexity index is 938. The lowest BCUT2D eigenvalue weighted by molar-refractivity contribution is -0.731. The van der Waals surface area contributed by atoms with Gasteiger partial charge in [-0.1, -0.05) is 18.2 Å². The summed E-state index contributed by atoms with van der Waals surface area (Å²) < 4.78 is 24.5. The molecule has 1 aliphatic rings. The minimum atomic E-state index is -0.164. The zero-order valence-electron chi connectivity index (χ0n) is 14.5. The van der Waals surface area contributed by atoms with Gasteiger partial charge in [-0.15, -0.1) is 4.57 Å². The van der Waals surface area contributed by atoms with Gasteiger partial charge in [-0.3, -0.25) is 0 Å². The highest BCUT2D eigenvalue weighted by atomic mass is 16.6. The van der Waals surface area contributed by atoms with E-state index >= 15 is 0 Å². The largest absolute Gasteiger partial charge is 0.493 e. The van der Waals surface area contributed by atoms with Crippen LogP contribution in [0.15, 0.2) is 48.5 Å². The molecule has 1 aromatic heterocycles. The number of nitrogens with zero attached hydrogens (tertiary/aromatic N) is 1. The molecule has 2 aromatic carbocycles. The van der Waals surface area contributed by atoms with Crippen molar-refractivity contribution >= 4 is 10.8 Å². The number of hydrogen-bond donors (Lipinski definition) is 0. The highest BCUT2D eigenvalue weighted by Gasteiger charge is 2.38. The van der Waals surface area contributed by atoms with Crippen molar-refractivity contribution in [1.82, 2.24) is 0 Å². The Labute approximate surface area is 146 Å². The number of rotatable bonds is 4. The van der Waals surface area contributed by atoms with Crippen molar-refractivity contribution in [3.05, 3.63) is 48.5 Å². The molecule has 128 valence electrons. The number of hydrogen-bond acceptors (Lipinski definition) is 4. The number of pyridine rings is 1. The van der Waals surface area contributed by atoms with Crippen molar-refractivity contribution in [2.24, 2.45) is 0 Å². The van der Waals surface area contributed by atoms with Crippen molar-refractivity contribution in [3.63, 3.8) is 0 Å². The lowest BCUT2D eigenvalue weighted by Gasteiger charge is -2.11. The van der Waals surface area contributed by atoms with Gasteiger partial charge in [0, 0.05) is 13.2 Å². The van der Waals surface area contributed by atoms with Crippen LogP contribution in [0.3, 0.4) is 0 Å². The molecule has 1 unspecified atom stereocenters. The molecule has 0 radical (unpaired) electrons. The van der Waals surface area contributed by atoms with Gasteiger partial charge in [0.05, 0.1) is 25.2 Å². The Hall–Kier alpha value is -2.79. The van der Waals surface area contributed by atoms with Crippen LogP contribution in [-0.4, -0.2) is 27.9 Å². The number of methoxy groups -OCH3 is 3. The lowest BCUT2D eigenvalue weighted by Crippen LogP contribution is -2.39. The number of aromatic nitrogens is 1. The van der Waals surface area contributed by atoms with E-state index in [1.54, 1.807) is 21.3 Å². The fourth-order valence-electron chi connectivity index (χ4n) is 3.32. The van der Waals surface area contributed by atoms with Crippen LogP contribution in [0.2, 0.25) is 0 Å². The molecule has 0 fully saturated rings. The number of benzene rings is 2. The second-order valence-electron chi connectivity index (χ2n) is 5.86. The van der Waals surface area contributed by atoms with Crippen LogP contribution < -0.4 is 18.8 Å². The van der Waals surface area contributed by atoms with Gasteiger partial charge in [-0.05, 0) is 29.7 Å². The summed E-state index contributed by atoms with van der Waals surface area (Å²) >= 11 is 0. The predicted octanol–water partition coefficient (Wildman–Crippen LogP) is 3.35. The zero-order valence-corrected chi connectivity index (χ0v) is 14.5. The van der Waals surface area contributed by atoms with Gasteiger partial charge in [0.1, 0.15) is 0 Å². The van der Waals surface area contributed by atoms with Gasteiger partial charge >= 0.3 is 12.1 Å². The van der Waals surface area contributed by atoms with Crippen molar-refractivity contribution in [1.29, 1.82) is 0 Å². The van der Waals surface area contributed by atoms with Crippen molar-refractivity contribution < 1.29 is 23.5 Å². The van der Waals surface area contributed by atoms with E-state index < -0.39 is 0 Å². The number of fused-ring (bicyclic) bond motifs is 3. The van der Waals surface area contributed by atoms with Crippen LogP contribution in [-0.2, 0) is 4.74 Å². The molecule has 5 nitrogen and oxygen atoms in total. The molecular weight excluding hydrogens is 318 g/mol. The van der Waals surface area contributed by atoms with E-state index in [4.69, 9.17) is 18.9 Å². The third kappa shape index (κ3) is 2.48. The van der Waals surface area contributed by atoms with Crippen LogP contribution in [0.1, 0.15) is 6.23 Å². The Morgan fingerprint density at radius 2 is 1.76 bits per heavy atom. The quantitative estimate of drug-likeness (QED) is 0.684. The molecular formula is C20H20NO4+. The summed E-state index contributed by atoms with van der Waals surface area (Å²) in [7, 11) is 4.97. The Kier molecular flexibility index (Phi) is 3.93. The highest BCUT2D eigenvalue weighted by Crippen LogP contribution is 2.36. The highest BCUT2D eigenvalue weighted by molar-refractivity contribution is 5.88. The molecule has 4 rings (SSSR count). The molecule has 0 saturated carbocycles. The molecule has 0 bridgehead atoms. The monoisotopic (exact) mass is 338 g/mol. The predicted molar refractivity (Wildman–Crippen MR) is 94.2 cm³/mol. The minimum absolute atomic E-state index is 0.164. The summed E-state index contributed by atoms with van der Waals surface area (Å²) in [4.78, 5) is 0. The first-order chi connectivity index (χ1) is 12.3. The third-order valence-electron chi connectivity index (χ3n) is 4.56. The minimum Gasteiger partial charge on any atom is -0.493 e. The maximum absolute atomic E-state index is 5.96. The van der Waals surface area contributed by atoms with Gasteiger partial charge in [0.15, 0.2) is 18.1 Å². The van der Waals surface area contributed by atoms with Gasteiger partial charge in [-0.25, -0.2) is 0 Å². The summed E-state index contributed by atoms with van der Waals surface area (Å²) in [5.41, 5.74) is 2.02. The summed E-state index contributed by atoms with van der Waals surface area (Å²) in [5, 5.41) is 2.20. The molecule has 5 heteroatoms. The van der Waals surface area contributed by atoms with E-state index in [-0.39, 0.29) is 6.23 Å². The van der Waals surface area contributed by atoms with Crippen LogP contribution >= 0.6 is 0 Å². The van der Waals surface area contributed by atoms with Crippen LogP contribution in [0, 0.1) is 0 Å². The van der Waals surface area contributed by atoms with Crippen LogP contribution in [0.25, 0.3) is 22.0 Å². The van der Waals surface area contributed by atoms with Crippen molar-refractivity contribution in [3.8, 4) is 28.6 Å². The Morgan fingerprint density at radius 1 is 0.960 bits per heavy atom. The van der Waals surface area contributed by atoms with E-state index in [0.717, 1.165) is 27.9 Å². The summed E-state index contributed by atoms with van der Waals surface area (Å²) in [6, 6.07) is 16.3. The number of ether oxygens (including phenoxy) is 4. The fraction of sp³-hybridized carbons (Fsp3) is 0.250. The van der Waals surface area contributed by atoms with Gasteiger partial charge in [0.25, 0.3) is 0 Å². The molecule has 0 spiro atoms. The SMILES string of the molecule is COc1ccc(-c2cc3ccccc3c3[n+]2C(OC)CO3)cc1OC. The molecule has 3 aromatic rings. The second-order valence-corrected chi connectivity index (χ2v) is 5.86. The van der Waals surface area contributed by atoms with Gasteiger partial charge < -0.3 is 18.9 Å². The van der Waals surface area contributed by atoms with Gasteiger partial charge in [-0.2, -0.15) is 0 Å². The molecule has 0 saturated heterocycles. The molecule has 1 atom stereocenters. The van der Waals surface area contributed by atoms with E-state index in [1.165, 1.54) is 0 Å². The maximum Gasteiger partial charge on any atom is 0.379 e. The first-order valence-corrected chi connectivity index (χ1v) is 8.12. The third-order valence-corrected chi connectivity index (χ3v) is 4.56. The van der Waals surface area contributed by atoms with Gasteiger partial charge in [0.2, 0.25) is 5.69 Å². The van der Waals surface area contributed by atoms with Crippen LogP contribution in [0.5, 0.6) is 17.4 Å². The lowest BCUT2D eigenvalue weighted by atomic mass is 10.1. The summed E-state index contributed by atoms with van der Waals surface area (Å²) in [6.45, 7) is 0.491. The maximum atomic E-state index is 5.96. The van der Waals surface area contributed by atoms with E-state index in [0.29, 0.717) is 18.1 Å². The topological polar surface area (TPSA) is 40.8 Å². The summed E-state index contributed by atoms with van der Waals surface area (Å²) in [6.07, 6.45) is -0.164. The fourth-order valence-corrected chi connectivity index (χ4v) is 3.32. The zero-order chi connectivity index (χ0) is 17.4. The molecule has 1 aliphatic heterocycles. The van der Waals surface area contributed by atoms with Crippen LogP contribution in [0.4, 0.5) is 0 Å². The van der Waals surface area contributed by atoms with E-state index in [1.807, 2.05) is 30.3 Å². The van der Waals surface area contributed by atoms with Crippen molar-refractivity contribution in [2.75, 3.05) is 27.9 Å². The Balaban J connectivity index is 1.99. The average Bonchev–Trinajstić information content (AvgIpc) is 3.11. The van der Waals surface area contributed by atoms with E-state index in [2.05, 4.69) is 22.8 Å².